The first kappa shape index (κ1) is 20.2. The molecule has 0 N–H and O–H groups in total. The van der Waals surface area contributed by atoms with Crippen molar-refractivity contribution < 1.29 is 0 Å². The summed E-state index contributed by atoms with van der Waals surface area (Å²) in [6.45, 7) is 4.50. The predicted octanol–water partition coefficient (Wildman–Crippen LogP) is 6.44. The Morgan fingerprint density at radius 3 is 1.30 bits per heavy atom. The molecule has 1 heteroatoms. The number of hydrogen-bond acceptors (Lipinski definition) is 0. The Balaban J connectivity index is 1.20. The lowest BCUT2D eigenvalue weighted by Gasteiger charge is -2.16. The van der Waals surface area contributed by atoms with Crippen LogP contribution in [0.2, 0.25) is 0 Å². The largest absolute Gasteiger partial charge is 0.121 e. The van der Waals surface area contributed by atoms with E-state index in [0.29, 0.717) is 21.4 Å². The summed E-state index contributed by atoms with van der Waals surface area (Å²) in [5.74, 6) is 0.784. The molecule has 2 atom stereocenters. The zero-order valence-electron chi connectivity index (χ0n) is 19.0. The molecule has 158 valence electrons. The average molecular weight is 439 g/mol. The molecule has 0 aliphatic heterocycles. The van der Waals surface area contributed by atoms with E-state index in [1.165, 1.54) is 54.9 Å². The van der Waals surface area contributed by atoms with Crippen LogP contribution in [-0.4, -0.2) is 9.52 Å². The van der Waals surface area contributed by atoms with Crippen LogP contribution in [0.3, 0.4) is 0 Å². The highest BCUT2D eigenvalue weighted by molar-refractivity contribution is 6.67. The van der Waals surface area contributed by atoms with Crippen molar-refractivity contribution in [3.05, 3.63) is 142 Å². The number of rotatable bonds is 4. The Kier molecular flexibility index (Phi) is 5.00. The summed E-state index contributed by atoms with van der Waals surface area (Å²) in [7, 11) is 0.675. The molecule has 2 aliphatic carbocycles. The van der Waals surface area contributed by atoms with E-state index in [-0.39, 0.29) is 0 Å². The second-order valence-corrected chi connectivity index (χ2v) is 10.7. The summed E-state index contributed by atoms with van der Waals surface area (Å²) in [5.41, 5.74) is 11.2. The van der Waals surface area contributed by atoms with Crippen molar-refractivity contribution >= 4 is 32.0 Å². The minimum atomic E-state index is 0.392. The second-order valence-electron chi connectivity index (χ2n) is 9.27. The molecule has 0 amide bonds. The monoisotopic (exact) mass is 438 g/mol. The van der Waals surface area contributed by atoms with E-state index < -0.39 is 0 Å². The van der Waals surface area contributed by atoms with Gasteiger partial charge in [-0.25, -0.2) is 0 Å². The normalized spacial score (nSPS) is 18.5. The van der Waals surface area contributed by atoms with Crippen molar-refractivity contribution in [1.29, 1.82) is 0 Å². The van der Waals surface area contributed by atoms with Crippen LogP contribution in [0.15, 0.2) is 108 Å². The molecule has 33 heavy (non-hydrogen) atoms. The van der Waals surface area contributed by atoms with Crippen LogP contribution in [0.5, 0.6) is 0 Å². The number of fused-ring (bicyclic) bond motifs is 2. The second kappa shape index (κ2) is 8.17. The quantitative estimate of drug-likeness (QED) is 0.322. The van der Waals surface area contributed by atoms with Gasteiger partial charge >= 0.3 is 0 Å². The van der Waals surface area contributed by atoms with Crippen LogP contribution in [-0.2, 0) is 0 Å². The van der Waals surface area contributed by atoms with E-state index in [4.69, 9.17) is 0 Å². The van der Waals surface area contributed by atoms with Crippen molar-refractivity contribution in [2.75, 3.05) is 0 Å². The maximum Gasteiger partial charge on any atom is 0.121 e. The van der Waals surface area contributed by atoms with E-state index in [9.17, 15) is 0 Å². The van der Waals surface area contributed by atoms with Gasteiger partial charge in [-0.15, -0.1) is 0 Å². The first-order chi connectivity index (χ1) is 16.2. The lowest BCUT2D eigenvalue weighted by Crippen LogP contribution is -2.27. The summed E-state index contributed by atoms with van der Waals surface area (Å²) in [5, 5.41) is 2.78. The average Bonchev–Trinajstić information content (AvgIpc) is 3.35. The lowest BCUT2D eigenvalue weighted by molar-refractivity contribution is 0.977. The standard InChI is InChI=1S/C32H26Si/c1-21-19-25-7-3-5-9-29(25)31(21)23-11-15-27(16-12-23)33-28-17-13-24(14-18-28)32-22(2)20-26-8-4-6-10-30(26)32/h3-20,31-32H,1-2H3. The van der Waals surface area contributed by atoms with E-state index >= 15 is 0 Å². The van der Waals surface area contributed by atoms with Gasteiger partial charge in [-0.05, 0) is 47.2 Å². The zero-order valence-corrected chi connectivity index (χ0v) is 20.0. The van der Waals surface area contributed by atoms with Crippen LogP contribution in [0.25, 0.3) is 12.2 Å². The molecule has 2 radical (unpaired) electrons. The fourth-order valence-electron chi connectivity index (χ4n) is 5.53. The molecule has 6 rings (SSSR count). The SMILES string of the molecule is CC1=Cc2ccccc2C1c1ccc([Si]c2ccc(C3C(C)=Cc4ccccc43)cc2)cc1. The Hall–Kier alpha value is -3.42. The molecule has 0 nitrogen and oxygen atoms in total. The van der Waals surface area contributed by atoms with Crippen molar-refractivity contribution in [3.63, 3.8) is 0 Å². The summed E-state index contributed by atoms with van der Waals surface area (Å²) in [4.78, 5) is 0. The molecular formula is C32H26Si. The Morgan fingerprint density at radius 2 is 0.879 bits per heavy atom. The van der Waals surface area contributed by atoms with Gasteiger partial charge in [-0.3, -0.25) is 0 Å². The van der Waals surface area contributed by atoms with Gasteiger partial charge in [-0.1, -0.05) is 131 Å². The molecule has 0 spiro atoms. The van der Waals surface area contributed by atoms with E-state index in [2.05, 4.69) is 123 Å². The Labute approximate surface area is 199 Å². The van der Waals surface area contributed by atoms with Crippen LogP contribution in [0.4, 0.5) is 0 Å². The van der Waals surface area contributed by atoms with E-state index in [0.717, 1.165) is 0 Å². The van der Waals surface area contributed by atoms with Crippen molar-refractivity contribution in [2.45, 2.75) is 25.7 Å². The summed E-state index contributed by atoms with van der Waals surface area (Å²) >= 11 is 0. The Morgan fingerprint density at radius 1 is 0.485 bits per heavy atom. The van der Waals surface area contributed by atoms with Crippen LogP contribution >= 0.6 is 0 Å². The predicted molar refractivity (Wildman–Crippen MR) is 142 cm³/mol. The summed E-state index contributed by atoms with van der Waals surface area (Å²) in [6.07, 6.45) is 4.66. The lowest BCUT2D eigenvalue weighted by atomic mass is 9.89. The molecule has 0 bridgehead atoms. The van der Waals surface area contributed by atoms with Gasteiger partial charge in [0.2, 0.25) is 0 Å². The minimum absolute atomic E-state index is 0.392. The highest BCUT2D eigenvalue weighted by atomic mass is 28.2. The smallest absolute Gasteiger partial charge is 0.0628 e. The minimum Gasteiger partial charge on any atom is -0.0628 e. The maximum absolute atomic E-state index is 2.33. The van der Waals surface area contributed by atoms with Gasteiger partial charge in [0.25, 0.3) is 0 Å². The highest BCUT2D eigenvalue weighted by Gasteiger charge is 2.24. The van der Waals surface area contributed by atoms with Crippen LogP contribution in [0.1, 0.15) is 59.1 Å². The summed E-state index contributed by atoms with van der Waals surface area (Å²) in [6, 6.07) is 36.1. The number of allylic oxidation sites excluding steroid dienone is 2. The van der Waals surface area contributed by atoms with Crippen molar-refractivity contribution in [2.24, 2.45) is 0 Å². The van der Waals surface area contributed by atoms with Crippen molar-refractivity contribution in [1.82, 2.24) is 0 Å². The first-order valence-corrected chi connectivity index (χ1v) is 12.7. The molecule has 4 aromatic rings. The highest BCUT2D eigenvalue weighted by Crippen LogP contribution is 2.41. The van der Waals surface area contributed by atoms with Gasteiger partial charge in [0, 0.05) is 11.8 Å². The van der Waals surface area contributed by atoms with Gasteiger partial charge in [-0.2, -0.15) is 0 Å². The molecule has 0 saturated heterocycles. The van der Waals surface area contributed by atoms with Crippen LogP contribution in [0, 0.1) is 0 Å². The fraction of sp³-hybridized carbons (Fsp3) is 0.125. The molecule has 2 unspecified atom stereocenters. The van der Waals surface area contributed by atoms with E-state index in [1.54, 1.807) is 0 Å². The van der Waals surface area contributed by atoms with Gasteiger partial charge in [0.1, 0.15) is 9.52 Å². The van der Waals surface area contributed by atoms with Crippen LogP contribution < -0.4 is 10.4 Å². The molecule has 2 aliphatic rings. The maximum atomic E-state index is 2.33. The zero-order chi connectivity index (χ0) is 22.4. The molecule has 0 fully saturated rings. The number of hydrogen-bond donors (Lipinski definition) is 0. The van der Waals surface area contributed by atoms with Gasteiger partial charge < -0.3 is 0 Å². The third-order valence-corrected chi connectivity index (χ3v) is 8.31. The fourth-order valence-corrected chi connectivity index (χ4v) is 6.53. The summed E-state index contributed by atoms with van der Waals surface area (Å²) < 4.78 is 0. The van der Waals surface area contributed by atoms with Gasteiger partial charge in [0.05, 0.1) is 0 Å². The molecule has 0 aromatic heterocycles. The molecule has 0 heterocycles. The first-order valence-electron chi connectivity index (χ1n) is 11.7. The van der Waals surface area contributed by atoms with Crippen molar-refractivity contribution in [3.8, 4) is 0 Å². The Bertz CT molecular complexity index is 1280. The molecule has 0 saturated carbocycles. The molecular weight excluding hydrogens is 412 g/mol. The third-order valence-electron chi connectivity index (χ3n) is 7.07. The number of benzene rings is 4. The van der Waals surface area contributed by atoms with E-state index in [1.807, 2.05) is 0 Å². The topological polar surface area (TPSA) is 0 Å². The third kappa shape index (κ3) is 3.63. The van der Waals surface area contributed by atoms with Gasteiger partial charge in [0.15, 0.2) is 0 Å². The molecule has 4 aromatic carbocycles.